The lowest BCUT2D eigenvalue weighted by atomic mass is 9.84. The van der Waals surface area contributed by atoms with Gasteiger partial charge in [-0.25, -0.2) is 4.90 Å². The van der Waals surface area contributed by atoms with Gasteiger partial charge in [-0.2, -0.15) is 0 Å². The number of hydrogen-bond acceptors (Lipinski definition) is 4. The Labute approximate surface area is 169 Å². The zero-order valence-electron chi connectivity index (χ0n) is 14.7. The first-order valence-electron chi connectivity index (χ1n) is 8.96. The van der Waals surface area contributed by atoms with E-state index in [-0.39, 0.29) is 17.9 Å². The summed E-state index contributed by atoms with van der Waals surface area (Å²) in [6.07, 6.45) is 3.68. The van der Waals surface area contributed by atoms with E-state index in [0.717, 1.165) is 15.6 Å². The summed E-state index contributed by atoms with van der Waals surface area (Å²) in [5, 5.41) is 0. The van der Waals surface area contributed by atoms with Crippen LogP contribution in [0.5, 0.6) is 0 Å². The number of anilines is 1. The number of amides is 3. The van der Waals surface area contributed by atoms with E-state index >= 15 is 0 Å². The van der Waals surface area contributed by atoms with E-state index in [1.807, 2.05) is 30.3 Å². The van der Waals surface area contributed by atoms with Crippen LogP contribution in [0, 0.1) is 11.8 Å². The van der Waals surface area contributed by atoms with E-state index in [9.17, 15) is 14.4 Å². The van der Waals surface area contributed by atoms with Crippen LogP contribution >= 0.6 is 15.9 Å². The molecular formula is C21H16BrN3O3. The minimum Gasteiger partial charge on any atom is -0.368 e. The Hall–Kier alpha value is -2.93. The highest BCUT2D eigenvalue weighted by Crippen LogP contribution is 2.52. The lowest BCUT2D eigenvalue weighted by Crippen LogP contribution is -2.46. The summed E-state index contributed by atoms with van der Waals surface area (Å²) in [6.45, 7) is 0. The highest BCUT2D eigenvalue weighted by molar-refractivity contribution is 9.10. The van der Waals surface area contributed by atoms with Crippen LogP contribution in [0.15, 0.2) is 59.2 Å². The van der Waals surface area contributed by atoms with Crippen molar-refractivity contribution in [1.29, 1.82) is 0 Å². The molecule has 2 aromatic carbocycles. The fraction of sp³-hybridized carbons (Fsp3) is 0.190. The number of hydrogen-bond donors (Lipinski definition) is 1. The number of imide groups is 1. The van der Waals surface area contributed by atoms with Gasteiger partial charge in [-0.15, -0.1) is 0 Å². The molecule has 3 aliphatic heterocycles. The number of carbonyl (C=O) groups excluding carboxylic acids is 3. The second kappa shape index (κ2) is 6.04. The Morgan fingerprint density at radius 1 is 0.964 bits per heavy atom. The van der Waals surface area contributed by atoms with Gasteiger partial charge in [0, 0.05) is 10.7 Å². The minimum atomic E-state index is -0.850. The van der Waals surface area contributed by atoms with Crippen molar-refractivity contribution in [2.45, 2.75) is 12.1 Å². The topological polar surface area (TPSA) is 83.7 Å². The van der Waals surface area contributed by atoms with Crippen molar-refractivity contribution in [3.63, 3.8) is 0 Å². The molecule has 0 bridgehead atoms. The molecule has 0 unspecified atom stereocenters. The van der Waals surface area contributed by atoms with Crippen molar-refractivity contribution in [2.75, 3.05) is 4.90 Å². The molecule has 0 spiro atoms. The number of fused-ring (bicyclic) bond motifs is 5. The molecular weight excluding hydrogens is 422 g/mol. The Kier molecular flexibility index (Phi) is 3.71. The van der Waals surface area contributed by atoms with Crippen LogP contribution in [0.4, 0.5) is 5.69 Å². The zero-order chi connectivity index (χ0) is 19.6. The Bertz CT molecular complexity index is 1050. The number of nitrogens with two attached hydrogens (primary N) is 1. The maximum atomic E-state index is 13.4. The number of benzene rings is 2. The zero-order valence-corrected chi connectivity index (χ0v) is 16.2. The minimum absolute atomic E-state index is 0.291. The summed E-state index contributed by atoms with van der Waals surface area (Å²) < 4.78 is 0.850. The van der Waals surface area contributed by atoms with Gasteiger partial charge in [0.05, 0.1) is 23.6 Å². The number of primary amides is 1. The Morgan fingerprint density at radius 2 is 1.64 bits per heavy atom. The normalized spacial score (nSPS) is 27.6. The van der Waals surface area contributed by atoms with Gasteiger partial charge in [0.15, 0.2) is 0 Å². The molecule has 7 heteroatoms. The van der Waals surface area contributed by atoms with Crippen molar-refractivity contribution in [1.82, 2.24) is 4.90 Å². The van der Waals surface area contributed by atoms with Crippen LogP contribution in [0.3, 0.4) is 0 Å². The second-order valence-electron chi connectivity index (χ2n) is 7.22. The fourth-order valence-electron chi connectivity index (χ4n) is 4.73. The van der Waals surface area contributed by atoms with Crippen LogP contribution in [0.2, 0.25) is 0 Å². The molecule has 2 N–H and O–H groups in total. The lowest BCUT2D eigenvalue weighted by Gasteiger charge is -2.34. The number of halogens is 1. The van der Waals surface area contributed by atoms with Crippen molar-refractivity contribution in [2.24, 2.45) is 17.6 Å². The average molecular weight is 438 g/mol. The van der Waals surface area contributed by atoms with E-state index in [1.54, 1.807) is 35.4 Å². The van der Waals surface area contributed by atoms with Crippen molar-refractivity contribution < 1.29 is 14.4 Å². The summed E-state index contributed by atoms with van der Waals surface area (Å²) in [6, 6.07) is 13.5. The van der Waals surface area contributed by atoms with Crippen LogP contribution in [-0.2, 0) is 14.4 Å². The summed E-state index contributed by atoms with van der Waals surface area (Å²) in [5.41, 5.74) is 8.11. The molecule has 6 nitrogen and oxygen atoms in total. The third-order valence-corrected chi connectivity index (χ3v) is 6.37. The molecule has 28 heavy (non-hydrogen) atoms. The number of rotatable bonds is 2. The van der Waals surface area contributed by atoms with Crippen LogP contribution in [-0.4, -0.2) is 28.7 Å². The van der Waals surface area contributed by atoms with Crippen LogP contribution in [0.25, 0.3) is 6.08 Å². The maximum absolute atomic E-state index is 13.4. The van der Waals surface area contributed by atoms with Gasteiger partial charge in [0.2, 0.25) is 17.7 Å². The maximum Gasteiger partial charge on any atom is 0.240 e. The SMILES string of the molecule is NC(=O)[C@@H]1[C@@H]2C(=O)N(c3ccc(Br)cc3)C(=O)[C@@H]2[C@@H]2c3ccccc3C=CN12. The van der Waals surface area contributed by atoms with Gasteiger partial charge < -0.3 is 10.6 Å². The highest BCUT2D eigenvalue weighted by Gasteiger charge is 2.64. The average Bonchev–Trinajstić information content (AvgIpc) is 3.16. The Morgan fingerprint density at radius 3 is 2.36 bits per heavy atom. The lowest BCUT2D eigenvalue weighted by molar-refractivity contribution is -0.129. The molecule has 5 rings (SSSR count). The standard InChI is InChI=1S/C21H16BrN3O3/c22-12-5-7-13(8-6-12)25-20(27)15-16(21(25)28)18(19(23)26)24-10-9-11-3-1-2-4-14(11)17(15)24/h1-10,15-18H,(H2,23,26)/t15-,16+,17-,18-/m0/s1. The molecule has 3 heterocycles. The Balaban J connectivity index is 1.65. The summed E-state index contributed by atoms with van der Waals surface area (Å²) >= 11 is 3.36. The van der Waals surface area contributed by atoms with Crippen molar-refractivity contribution in [3.8, 4) is 0 Å². The predicted octanol–water partition coefficient (Wildman–Crippen LogP) is 2.45. The second-order valence-corrected chi connectivity index (χ2v) is 8.14. The van der Waals surface area contributed by atoms with E-state index < -0.39 is 23.8 Å². The first kappa shape index (κ1) is 17.2. The van der Waals surface area contributed by atoms with Gasteiger partial charge in [-0.1, -0.05) is 40.2 Å². The predicted molar refractivity (Wildman–Crippen MR) is 107 cm³/mol. The third-order valence-electron chi connectivity index (χ3n) is 5.84. The van der Waals surface area contributed by atoms with Gasteiger partial charge in [-0.3, -0.25) is 14.4 Å². The largest absolute Gasteiger partial charge is 0.368 e. The molecule has 140 valence electrons. The molecule has 3 aliphatic rings. The molecule has 4 atom stereocenters. The molecule has 2 saturated heterocycles. The third kappa shape index (κ3) is 2.22. The van der Waals surface area contributed by atoms with E-state index in [0.29, 0.717) is 5.69 Å². The summed E-state index contributed by atoms with van der Waals surface area (Å²) in [4.78, 5) is 42.0. The van der Waals surface area contributed by atoms with E-state index in [4.69, 9.17) is 5.73 Å². The molecule has 0 saturated carbocycles. The van der Waals surface area contributed by atoms with Crippen LogP contribution < -0.4 is 10.6 Å². The van der Waals surface area contributed by atoms with Gasteiger partial charge in [0.25, 0.3) is 0 Å². The summed E-state index contributed by atoms with van der Waals surface area (Å²) in [7, 11) is 0. The molecule has 0 aromatic heterocycles. The van der Waals surface area contributed by atoms with E-state index in [2.05, 4.69) is 15.9 Å². The quantitative estimate of drug-likeness (QED) is 0.731. The summed E-state index contributed by atoms with van der Waals surface area (Å²) in [5.74, 6) is -2.71. The number of carbonyl (C=O) groups is 3. The van der Waals surface area contributed by atoms with Gasteiger partial charge >= 0.3 is 0 Å². The van der Waals surface area contributed by atoms with Gasteiger partial charge in [-0.05, 0) is 41.5 Å². The monoisotopic (exact) mass is 437 g/mol. The highest BCUT2D eigenvalue weighted by atomic mass is 79.9. The van der Waals surface area contributed by atoms with Crippen LogP contribution in [0.1, 0.15) is 17.2 Å². The molecule has 0 radical (unpaired) electrons. The number of nitrogens with zero attached hydrogens (tertiary/aromatic N) is 2. The van der Waals surface area contributed by atoms with Gasteiger partial charge in [0.1, 0.15) is 6.04 Å². The first-order chi connectivity index (χ1) is 13.5. The molecule has 2 aromatic rings. The molecule has 2 fully saturated rings. The van der Waals surface area contributed by atoms with Crippen molar-refractivity contribution in [3.05, 3.63) is 70.3 Å². The molecule has 3 amide bonds. The molecule has 0 aliphatic carbocycles. The first-order valence-corrected chi connectivity index (χ1v) is 9.75. The van der Waals surface area contributed by atoms with Crippen molar-refractivity contribution >= 4 is 45.4 Å². The smallest absolute Gasteiger partial charge is 0.240 e. The fourth-order valence-corrected chi connectivity index (χ4v) is 4.99. The van der Waals surface area contributed by atoms with E-state index in [1.165, 1.54) is 4.90 Å².